The van der Waals surface area contributed by atoms with Crippen molar-refractivity contribution in [1.29, 1.82) is 0 Å². The fraction of sp³-hybridized carbons (Fsp3) is 0.308. The molecule has 0 atom stereocenters. The number of carbonyl (C=O) groups is 1. The lowest BCUT2D eigenvalue weighted by Gasteiger charge is -2.11. The molecule has 12 heteroatoms. The van der Waals surface area contributed by atoms with Gasteiger partial charge in [0, 0.05) is 17.5 Å². The number of rotatable bonds is 4. The topological polar surface area (TPSA) is 149 Å². The summed E-state index contributed by atoms with van der Waals surface area (Å²) in [5, 5.41) is 17.6. The molecule has 0 aliphatic carbocycles. The van der Waals surface area contributed by atoms with E-state index in [2.05, 4.69) is 20.1 Å². The quantitative estimate of drug-likeness (QED) is 0.604. The van der Waals surface area contributed by atoms with E-state index in [0.29, 0.717) is 5.56 Å². The van der Waals surface area contributed by atoms with Crippen LogP contribution >= 0.6 is 0 Å². The third kappa shape index (κ3) is 3.03. The first kappa shape index (κ1) is 16.8. The van der Waals surface area contributed by atoms with E-state index >= 15 is 0 Å². The van der Waals surface area contributed by atoms with E-state index in [9.17, 15) is 23.3 Å². The Balaban J connectivity index is 1.97. The van der Waals surface area contributed by atoms with Gasteiger partial charge in [-0.15, -0.1) is 5.10 Å². The van der Waals surface area contributed by atoms with Crippen molar-refractivity contribution in [3.8, 4) is 0 Å². The van der Waals surface area contributed by atoms with Crippen LogP contribution in [0.1, 0.15) is 17.5 Å². The van der Waals surface area contributed by atoms with Gasteiger partial charge in [0.25, 0.3) is 21.7 Å². The monoisotopic (exact) mass is 366 g/mol. The maximum absolute atomic E-state index is 12.6. The van der Waals surface area contributed by atoms with Gasteiger partial charge in [0.05, 0.1) is 16.4 Å². The lowest BCUT2D eigenvalue weighted by molar-refractivity contribution is -0.386. The summed E-state index contributed by atoms with van der Waals surface area (Å²) in [5.74, 6) is -0.320. The maximum Gasteiger partial charge on any atom is 0.276 e. The molecule has 1 amide bonds. The molecule has 25 heavy (non-hydrogen) atoms. The molecule has 11 nitrogen and oxygen atoms in total. The number of nitrogens with one attached hydrogen (secondary N) is 2. The fourth-order valence-electron chi connectivity index (χ4n) is 2.59. The van der Waals surface area contributed by atoms with Gasteiger partial charge >= 0.3 is 0 Å². The molecule has 1 aromatic carbocycles. The minimum Gasteiger partial charge on any atom is -0.295 e. The van der Waals surface area contributed by atoms with Gasteiger partial charge in [0.15, 0.2) is 0 Å². The highest BCUT2D eigenvalue weighted by Gasteiger charge is 2.27. The normalized spacial score (nSPS) is 13.9. The Morgan fingerprint density at radius 2 is 2.08 bits per heavy atom. The molecule has 1 aromatic heterocycles. The van der Waals surface area contributed by atoms with Gasteiger partial charge in [-0.2, -0.15) is 4.98 Å². The van der Waals surface area contributed by atoms with Crippen LogP contribution < -0.4 is 10.0 Å². The summed E-state index contributed by atoms with van der Waals surface area (Å²) in [7, 11) is -4.14. The molecule has 0 saturated heterocycles. The lowest BCUT2D eigenvalue weighted by atomic mass is 10.1. The Bertz CT molecular complexity index is 997. The first-order chi connectivity index (χ1) is 11.7. The number of fused-ring (bicyclic) bond motifs is 1. The van der Waals surface area contributed by atoms with Gasteiger partial charge in [-0.1, -0.05) is 6.07 Å². The SMILES string of the molecule is Cc1ccc(S(=O)(=O)Nc2nc3n(n2)CCC(=O)N3)c(C)c1[N+](=O)[O-]. The Morgan fingerprint density at radius 3 is 2.76 bits per heavy atom. The second-order valence-electron chi connectivity index (χ2n) is 5.50. The number of benzene rings is 1. The Morgan fingerprint density at radius 1 is 1.36 bits per heavy atom. The summed E-state index contributed by atoms with van der Waals surface area (Å²) < 4.78 is 28.7. The molecule has 1 aliphatic rings. The van der Waals surface area contributed by atoms with Crippen molar-refractivity contribution in [2.45, 2.75) is 31.7 Å². The summed E-state index contributed by atoms with van der Waals surface area (Å²) in [5.41, 5.74) is 0.127. The number of hydrogen-bond donors (Lipinski definition) is 2. The molecule has 0 radical (unpaired) electrons. The van der Waals surface area contributed by atoms with Crippen LogP contribution in [0.15, 0.2) is 17.0 Å². The highest BCUT2D eigenvalue weighted by molar-refractivity contribution is 7.92. The molecule has 1 aliphatic heterocycles. The highest BCUT2D eigenvalue weighted by atomic mass is 32.2. The molecule has 132 valence electrons. The standard InChI is InChI=1S/C13H14N6O5S/c1-7-3-4-9(8(2)11(7)19(21)22)25(23,24)17-12-15-13-14-10(20)5-6-18(13)16-12/h3-4H,5-6H2,1-2H3,(H2,14,15,16,17,20). The number of anilines is 2. The number of nitro benzene ring substituents is 1. The first-order valence-corrected chi connectivity index (χ1v) is 8.69. The van der Waals surface area contributed by atoms with Crippen molar-refractivity contribution in [2.75, 3.05) is 10.0 Å². The molecular formula is C13H14N6O5S. The molecule has 0 bridgehead atoms. The van der Waals surface area contributed by atoms with Crippen LogP contribution in [-0.4, -0.2) is 34.0 Å². The van der Waals surface area contributed by atoms with Crippen LogP contribution in [0.5, 0.6) is 0 Å². The average Bonchev–Trinajstić information content (AvgIpc) is 2.86. The molecule has 2 heterocycles. The minimum atomic E-state index is -4.14. The third-order valence-corrected chi connectivity index (χ3v) is 5.23. The highest BCUT2D eigenvalue weighted by Crippen LogP contribution is 2.29. The summed E-state index contributed by atoms with van der Waals surface area (Å²) >= 11 is 0. The summed E-state index contributed by atoms with van der Waals surface area (Å²) in [4.78, 5) is 25.6. The Labute approximate surface area is 142 Å². The summed E-state index contributed by atoms with van der Waals surface area (Å²) in [6, 6.07) is 2.66. The molecule has 0 spiro atoms. The van der Waals surface area contributed by atoms with Gasteiger partial charge in [-0.3, -0.25) is 20.2 Å². The predicted octanol–water partition coefficient (Wildman–Crippen LogP) is 0.946. The number of aryl methyl sites for hydroxylation is 2. The summed E-state index contributed by atoms with van der Waals surface area (Å²) in [6.07, 6.45) is 0.214. The number of sulfonamides is 1. The van der Waals surface area contributed by atoms with Crippen molar-refractivity contribution in [3.63, 3.8) is 0 Å². The fourth-order valence-corrected chi connectivity index (χ4v) is 3.78. The molecule has 0 unspecified atom stereocenters. The molecule has 2 N–H and O–H groups in total. The van der Waals surface area contributed by atoms with Crippen LogP contribution in [0.3, 0.4) is 0 Å². The molecular weight excluding hydrogens is 352 g/mol. The van der Waals surface area contributed by atoms with Crippen molar-refractivity contribution >= 4 is 33.5 Å². The van der Waals surface area contributed by atoms with E-state index in [-0.39, 0.29) is 46.9 Å². The van der Waals surface area contributed by atoms with Crippen molar-refractivity contribution < 1.29 is 18.1 Å². The number of nitro groups is 1. The molecule has 3 rings (SSSR count). The van der Waals surface area contributed by atoms with Crippen LogP contribution in [-0.2, 0) is 21.4 Å². The Hall–Kier alpha value is -3.02. The van der Waals surface area contributed by atoms with E-state index in [1.54, 1.807) is 0 Å². The number of carbonyl (C=O) groups excluding carboxylic acids is 1. The molecule has 2 aromatic rings. The van der Waals surface area contributed by atoms with Gasteiger partial charge in [-0.05, 0) is 19.9 Å². The van der Waals surface area contributed by atoms with E-state index < -0.39 is 14.9 Å². The van der Waals surface area contributed by atoms with Crippen LogP contribution in [0, 0.1) is 24.0 Å². The number of nitrogens with zero attached hydrogens (tertiary/aromatic N) is 4. The minimum absolute atomic E-state index is 0.0229. The van der Waals surface area contributed by atoms with Gasteiger partial charge in [0.2, 0.25) is 11.9 Å². The van der Waals surface area contributed by atoms with Crippen LogP contribution in [0.25, 0.3) is 0 Å². The van der Waals surface area contributed by atoms with E-state index in [1.165, 1.54) is 30.7 Å². The maximum atomic E-state index is 12.6. The zero-order valence-corrected chi connectivity index (χ0v) is 14.1. The third-order valence-electron chi connectivity index (χ3n) is 3.75. The predicted molar refractivity (Wildman–Crippen MR) is 86.6 cm³/mol. The van der Waals surface area contributed by atoms with E-state index in [4.69, 9.17) is 0 Å². The van der Waals surface area contributed by atoms with Crippen molar-refractivity contribution in [3.05, 3.63) is 33.4 Å². The van der Waals surface area contributed by atoms with Gasteiger partial charge in [0.1, 0.15) is 0 Å². The number of aromatic nitrogens is 3. The van der Waals surface area contributed by atoms with Crippen LogP contribution in [0.2, 0.25) is 0 Å². The van der Waals surface area contributed by atoms with E-state index in [1.807, 2.05) is 0 Å². The zero-order chi connectivity index (χ0) is 18.4. The van der Waals surface area contributed by atoms with Gasteiger partial charge < -0.3 is 0 Å². The number of amides is 1. The van der Waals surface area contributed by atoms with E-state index in [0.717, 1.165) is 0 Å². The van der Waals surface area contributed by atoms with Gasteiger partial charge in [-0.25, -0.2) is 17.8 Å². The second-order valence-corrected chi connectivity index (χ2v) is 7.15. The zero-order valence-electron chi connectivity index (χ0n) is 13.3. The smallest absolute Gasteiger partial charge is 0.276 e. The Kier molecular flexibility index (Phi) is 3.91. The van der Waals surface area contributed by atoms with Crippen molar-refractivity contribution in [1.82, 2.24) is 14.8 Å². The first-order valence-electron chi connectivity index (χ1n) is 7.21. The van der Waals surface area contributed by atoms with Crippen LogP contribution in [0.4, 0.5) is 17.6 Å². The largest absolute Gasteiger partial charge is 0.295 e. The summed E-state index contributed by atoms with van der Waals surface area (Å²) in [6.45, 7) is 3.18. The number of hydrogen-bond acceptors (Lipinski definition) is 7. The second kappa shape index (κ2) is 5.81. The lowest BCUT2D eigenvalue weighted by Crippen LogP contribution is -2.23. The average molecular weight is 366 g/mol. The molecule has 0 saturated carbocycles. The molecule has 0 fully saturated rings. The van der Waals surface area contributed by atoms with Crippen molar-refractivity contribution in [2.24, 2.45) is 0 Å².